The Kier molecular flexibility index (Phi) is 10.4. The SMILES string of the molecule is Bc1c(B)c(B)c(/C(N=C)=N/C(=N\c2ccccc2-c2c(NC)ccc3c2c2c(n3-c3cccc(-c4ccccc4)c3)CC(C)C=C2)c2ccccc2)c(B)c1B. The largest absolute Gasteiger partial charge is 0.388 e. The van der Waals surface area contributed by atoms with Gasteiger partial charge in [0.2, 0.25) is 0 Å². The van der Waals surface area contributed by atoms with Gasteiger partial charge in [-0.1, -0.05) is 121 Å². The van der Waals surface area contributed by atoms with Crippen LogP contribution in [0.3, 0.4) is 0 Å². The molecule has 0 aliphatic heterocycles. The molecule has 0 bridgehead atoms. The first kappa shape index (κ1) is 37.6. The Hall–Kier alpha value is -6.27. The van der Waals surface area contributed by atoms with Crippen LogP contribution in [0.4, 0.5) is 11.4 Å². The van der Waals surface area contributed by atoms with Gasteiger partial charge >= 0.3 is 0 Å². The molecule has 8 rings (SSSR count). The van der Waals surface area contributed by atoms with Crippen LogP contribution in [0.15, 0.2) is 142 Å². The summed E-state index contributed by atoms with van der Waals surface area (Å²) in [6, 6.07) is 42.6. The van der Waals surface area contributed by atoms with Gasteiger partial charge in [-0.3, -0.25) is 0 Å². The molecule has 272 valence electrons. The molecule has 5 nitrogen and oxygen atoms in total. The van der Waals surface area contributed by atoms with E-state index in [1.54, 1.807) is 0 Å². The van der Waals surface area contributed by atoms with Crippen molar-refractivity contribution in [2.75, 3.05) is 12.4 Å². The second kappa shape index (κ2) is 15.7. The van der Waals surface area contributed by atoms with Crippen LogP contribution in [-0.2, 0) is 6.42 Å². The Morgan fingerprint density at radius 1 is 0.719 bits per heavy atom. The van der Waals surface area contributed by atoms with Gasteiger partial charge in [0.05, 0.1) is 11.2 Å². The average Bonchev–Trinajstić information content (AvgIpc) is 3.58. The molecule has 1 aliphatic rings. The van der Waals surface area contributed by atoms with E-state index in [-0.39, 0.29) is 0 Å². The predicted octanol–water partition coefficient (Wildman–Crippen LogP) is 2.73. The topological polar surface area (TPSA) is 54.0 Å². The Morgan fingerprint density at radius 2 is 1.37 bits per heavy atom. The van der Waals surface area contributed by atoms with E-state index in [0.29, 0.717) is 17.6 Å². The Bertz CT molecular complexity index is 2760. The van der Waals surface area contributed by atoms with Crippen LogP contribution in [0, 0.1) is 5.92 Å². The summed E-state index contributed by atoms with van der Waals surface area (Å²) in [6.07, 6.45) is 5.61. The summed E-state index contributed by atoms with van der Waals surface area (Å²) in [5.41, 5.74) is 19.2. The number of benzene rings is 6. The summed E-state index contributed by atoms with van der Waals surface area (Å²) in [4.78, 5) is 15.3. The van der Waals surface area contributed by atoms with Crippen molar-refractivity contribution in [3.63, 3.8) is 0 Å². The van der Waals surface area contributed by atoms with Crippen LogP contribution in [0.2, 0.25) is 0 Å². The van der Waals surface area contributed by atoms with Crippen molar-refractivity contribution in [2.45, 2.75) is 13.3 Å². The molecule has 1 N–H and O–H groups in total. The summed E-state index contributed by atoms with van der Waals surface area (Å²) in [5, 5.41) is 4.75. The minimum absolute atomic E-state index is 0.411. The third-order valence-corrected chi connectivity index (χ3v) is 11.9. The lowest BCUT2D eigenvalue weighted by Crippen LogP contribution is -2.57. The number of fused-ring (bicyclic) bond motifs is 3. The van der Waals surface area contributed by atoms with Crippen molar-refractivity contribution in [2.24, 2.45) is 20.9 Å². The molecule has 1 aromatic heterocycles. The van der Waals surface area contributed by atoms with Gasteiger partial charge in [-0.05, 0) is 60.5 Å². The summed E-state index contributed by atoms with van der Waals surface area (Å²) < 4.78 is 2.48. The third kappa shape index (κ3) is 6.84. The smallest absolute Gasteiger partial charge is 0.162 e. The van der Waals surface area contributed by atoms with E-state index in [9.17, 15) is 0 Å². The molecule has 0 spiro atoms. The van der Waals surface area contributed by atoms with Gasteiger partial charge in [-0.15, -0.1) is 16.4 Å². The van der Waals surface area contributed by atoms with Crippen molar-refractivity contribution in [1.82, 2.24) is 4.57 Å². The molecule has 6 aromatic carbocycles. The monoisotopic (exact) mass is 733 g/mol. The highest BCUT2D eigenvalue weighted by Gasteiger charge is 2.26. The van der Waals surface area contributed by atoms with E-state index in [1.165, 1.54) is 44.2 Å². The van der Waals surface area contributed by atoms with E-state index in [2.05, 4.69) is 183 Å². The highest BCUT2D eigenvalue weighted by molar-refractivity contribution is 6.68. The zero-order valence-electron chi connectivity index (χ0n) is 34.0. The number of aliphatic imine (C=N–C) groups is 3. The molecular weight excluding hydrogens is 689 g/mol. The Labute approximate surface area is 340 Å². The molecular formula is C47H44B5N5. The Morgan fingerprint density at radius 3 is 2.07 bits per heavy atom. The van der Waals surface area contributed by atoms with Crippen molar-refractivity contribution >= 4 is 113 Å². The van der Waals surface area contributed by atoms with Crippen LogP contribution < -0.4 is 32.6 Å². The number of rotatable bonds is 7. The molecule has 10 heteroatoms. The van der Waals surface area contributed by atoms with Gasteiger partial charge < -0.3 is 9.88 Å². The zero-order chi connectivity index (χ0) is 39.8. The van der Waals surface area contributed by atoms with E-state index in [4.69, 9.17) is 9.98 Å². The maximum Gasteiger partial charge on any atom is 0.162 e. The number of amidine groups is 2. The predicted molar refractivity (Wildman–Crippen MR) is 262 cm³/mol. The van der Waals surface area contributed by atoms with Crippen molar-refractivity contribution < 1.29 is 0 Å². The number of nitrogens with zero attached hydrogens (tertiary/aromatic N) is 4. The number of hydrogen-bond acceptors (Lipinski definition) is 2. The van der Waals surface area contributed by atoms with Crippen LogP contribution in [0.25, 0.3) is 44.9 Å². The van der Waals surface area contributed by atoms with Crippen LogP contribution in [0.5, 0.6) is 0 Å². The highest BCUT2D eigenvalue weighted by Crippen LogP contribution is 2.46. The minimum atomic E-state index is 0.411. The average molecular weight is 733 g/mol. The Balaban J connectivity index is 1.38. The van der Waals surface area contributed by atoms with E-state index in [1.807, 2.05) is 25.2 Å². The summed E-state index contributed by atoms with van der Waals surface area (Å²) in [7, 11) is 12.8. The molecule has 1 aliphatic carbocycles. The lowest BCUT2D eigenvalue weighted by molar-refractivity contribution is 0.690. The van der Waals surface area contributed by atoms with E-state index < -0.39 is 0 Å². The molecule has 0 saturated carbocycles. The normalized spacial score (nSPS) is 14.1. The number of para-hydroxylation sites is 1. The van der Waals surface area contributed by atoms with Crippen LogP contribution in [0.1, 0.15) is 29.3 Å². The summed E-state index contributed by atoms with van der Waals surface area (Å²) in [5.74, 6) is 1.55. The number of hydrogen-bond donors (Lipinski definition) is 1. The number of nitrogens with one attached hydrogen (secondary N) is 1. The van der Waals surface area contributed by atoms with Gasteiger partial charge in [0.25, 0.3) is 0 Å². The summed E-state index contributed by atoms with van der Waals surface area (Å²) >= 11 is 0. The number of aromatic nitrogens is 1. The molecule has 0 fully saturated rings. The zero-order valence-corrected chi connectivity index (χ0v) is 34.0. The third-order valence-electron chi connectivity index (χ3n) is 11.9. The lowest BCUT2D eigenvalue weighted by atomic mass is 9.60. The standard InChI is InChI=1S/C47H44B5N5/c1-27-21-22-33-37(25-27)57(31-18-12-17-30(26-31)28-13-6-4-7-14-28)36-24-23-35(53-2)38(39(33)36)32-19-10-11-20-34(32)55-46(29-15-8-5-9-16-29)56-47(54-3)40-41(48)43(50)45(52)44(51)42(40)49/h4-24,26-27,53H,3,25,48-52H2,1-2H3/b55-46-,56-47-. The minimum Gasteiger partial charge on any atom is -0.388 e. The lowest BCUT2D eigenvalue weighted by Gasteiger charge is -2.20. The molecule has 0 radical (unpaired) electrons. The first-order valence-corrected chi connectivity index (χ1v) is 19.8. The maximum atomic E-state index is 5.45. The number of anilines is 1. The van der Waals surface area contributed by atoms with E-state index >= 15 is 0 Å². The first-order valence-electron chi connectivity index (χ1n) is 19.8. The van der Waals surface area contributed by atoms with Crippen LogP contribution >= 0.6 is 0 Å². The molecule has 57 heavy (non-hydrogen) atoms. The van der Waals surface area contributed by atoms with Gasteiger partial charge in [0.1, 0.15) is 39.2 Å². The van der Waals surface area contributed by atoms with E-state index in [0.717, 1.165) is 62.2 Å². The van der Waals surface area contributed by atoms with Crippen LogP contribution in [-0.4, -0.2) is 69.2 Å². The summed E-state index contributed by atoms with van der Waals surface area (Å²) in [6.45, 7) is 6.32. The fourth-order valence-electron chi connectivity index (χ4n) is 8.46. The first-order chi connectivity index (χ1) is 27.7. The second-order valence-corrected chi connectivity index (χ2v) is 15.2. The second-order valence-electron chi connectivity index (χ2n) is 15.2. The molecule has 1 atom stereocenters. The van der Waals surface area contributed by atoms with Crippen molar-refractivity contribution in [3.8, 4) is 27.9 Å². The van der Waals surface area contributed by atoms with Crippen molar-refractivity contribution in [3.05, 3.63) is 150 Å². The molecule has 0 amide bonds. The van der Waals surface area contributed by atoms with Gasteiger partial charge in [0.15, 0.2) is 11.7 Å². The van der Waals surface area contributed by atoms with Gasteiger partial charge in [-0.25, -0.2) is 15.0 Å². The quantitative estimate of drug-likeness (QED) is 0.153. The van der Waals surface area contributed by atoms with Crippen molar-refractivity contribution in [1.29, 1.82) is 0 Å². The molecule has 7 aromatic rings. The number of allylic oxidation sites excluding steroid dienone is 1. The molecule has 0 saturated heterocycles. The fourth-order valence-corrected chi connectivity index (χ4v) is 8.46. The van der Waals surface area contributed by atoms with Gasteiger partial charge in [0, 0.05) is 57.3 Å². The maximum absolute atomic E-state index is 5.45. The molecule has 1 unspecified atom stereocenters. The highest BCUT2D eigenvalue weighted by atomic mass is 15.0. The molecule has 1 heterocycles. The van der Waals surface area contributed by atoms with Gasteiger partial charge in [-0.2, -0.15) is 0 Å². The fraction of sp³-hybridized carbons (Fsp3) is 0.0851.